The first-order chi connectivity index (χ1) is 11.1. The Bertz CT molecular complexity index is 738. The highest BCUT2D eigenvalue weighted by molar-refractivity contribution is 5.97. The Kier molecular flexibility index (Phi) is 4.25. The second-order valence-electron chi connectivity index (χ2n) is 5.76. The molecule has 1 atom stereocenters. The lowest BCUT2D eigenvalue weighted by atomic mass is 10.0. The van der Waals surface area contributed by atoms with Crippen molar-refractivity contribution in [2.24, 2.45) is 7.05 Å². The molecule has 2 heterocycles. The summed E-state index contributed by atoms with van der Waals surface area (Å²) in [4.78, 5) is 29.7. The maximum absolute atomic E-state index is 12.2. The highest BCUT2D eigenvalue weighted by Crippen LogP contribution is 2.29. The number of para-hydroxylation sites is 1. The maximum atomic E-state index is 12.2. The van der Waals surface area contributed by atoms with Crippen molar-refractivity contribution in [3.8, 4) is 0 Å². The van der Waals surface area contributed by atoms with Crippen LogP contribution >= 0.6 is 0 Å². The van der Waals surface area contributed by atoms with Crippen LogP contribution in [0.3, 0.4) is 0 Å². The summed E-state index contributed by atoms with van der Waals surface area (Å²) in [6.07, 6.45) is 4.12. The van der Waals surface area contributed by atoms with Crippen molar-refractivity contribution in [3.63, 3.8) is 0 Å². The molecule has 1 unspecified atom stereocenters. The number of imidazole rings is 1. The smallest absolute Gasteiger partial charge is 0.229 e. The van der Waals surface area contributed by atoms with Crippen LogP contribution in [-0.4, -0.2) is 32.6 Å². The molecule has 6 heteroatoms. The van der Waals surface area contributed by atoms with Gasteiger partial charge in [-0.25, -0.2) is 4.98 Å². The first kappa shape index (κ1) is 15.4. The van der Waals surface area contributed by atoms with Crippen molar-refractivity contribution in [1.29, 1.82) is 0 Å². The van der Waals surface area contributed by atoms with Crippen LogP contribution in [0.25, 0.3) is 0 Å². The number of ketones is 1. The Morgan fingerprint density at radius 2 is 2.17 bits per heavy atom. The summed E-state index contributed by atoms with van der Waals surface area (Å²) in [5.74, 6) is -0.116. The minimum absolute atomic E-state index is 0.0336. The highest BCUT2D eigenvalue weighted by Gasteiger charge is 2.31. The molecule has 6 nitrogen and oxygen atoms in total. The number of hydrogen-bond donors (Lipinski definition) is 1. The van der Waals surface area contributed by atoms with E-state index in [4.69, 9.17) is 0 Å². The molecule has 1 aromatic heterocycles. The van der Waals surface area contributed by atoms with Gasteiger partial charge < -0.3 is 9.67 Å². The zero-order chi connectivity index (χ0) is 16.4. The highest BCUT2D eigenvalue weighted by atomic mass is 16.3. The number of hydrogen-bond acceptors (Lipinski definition) is 4. The molecule has 1 saturated heterocycles. The lowest BCUT2D eigenvalue weighted by Gasteiger charge is -2.23. The van der Waals surface area contributed by atoms with Gasteiger partial charge in [-0.3, -0.25) is 14.5 Å². The molecule has 1 aliphatic heterocycles. The molecule has 2 aromatic rings. The Balaban J connectivity index is 1.76. The van der Waals surface area contributed by atoms with E-state index in [-0.39, 0.29) is 11.7 Å². The Hall–Kier alpha value is -2.47. The van der Waals surface area contributed by atoms with Gasteiger partial charge in [-0.15, -0.1) is 0 Å². The number of benzene rings is 1. The molecule has 0 radical (unpaired) electrons. The third-order valence-corrected chi connectivity index (χ3v) is 4.05. The largest absolute Gasteiger partial charge is 0.373 e. The topological polar surface area (TPSA) is 75.4 Å². The van der Waals surface area contributed by atoms with Crippen LogP contribution in [0.1, 0.15) is 35.3 Å². The minimum Gasteiger partial charge on any atom is -0.373 e. The zero-order valence-electron chi connectivity index (χ0n) is 13.0. The molecule has 1 fully saturated rings. The molecular formula is C17H19N3O3. The molecule has 0 aliphatic carbocycles. The van der Waals surface area contributed by atoms with Gasteiger partial charge in [0.1, 0.15) is 11.9 Å². The summed E-state index contributed by atoms with van der Waals surface area (Å²) in [5, 5.41) is 10.0. The molecule has 1 N–H and O–H groups in total. The lowest BCUT2D eigenvalue weighted by Crippen LogP contribution is -2.33. The fourth-order valence-corrected chi connectivity index (χ4v) is 2.85. The van der Waals surface area contributed by atoms with Gasteiger partial charge in [-0.05, 0) is 18.1 Å². The second kappa shape index (κ2) is 6.34. The van der Waals surface area contributed by atoms with Crippen molar-refractivity contribution in [1.82, 2.24) is 9.55 Å². The van der Waals surface area contributed by atoms with Crippen molar-refractivity contribution >= 4 is 17.4 Å². The number of amides is 1. The van der Waals surface area contributed by atoms with Gasteiger partial charge in [0.25, 0.3) is 0 Å². The van der Waals surface area contributed by atoms with Gasteiger partial charge in [0, 0.05) is 38.2 Å². The van der Waals surface area contributed by atoms with Crippen molar-refractivity contribution in [2.75, 3.05) is 4.90 Å². The van der Waals surface area contributed by atoms with Gasteiger partial charge in [0.15, 0.2) is 5.78 Å². The summed E-state index contributed by atoms with van der Waals surface area (Å²) in [6, 6.07) is 7.40. The summed E-state index contributed by atoms with van der Waals surface area (Å²) < 4.78 is 1.74. The zero-order valence-corrected chi connectivity index (χ0v) is 13.0. The molecule has 0 spiro atoms. The van der Waals surface area contributed by atoms with Crippen LogP contribution in [0.15, 0.2) is 36.8 Å². The van der Waals surface area contributed by atoms with Crippen LogP contribution in [-0.2, 0) is 18.3 Å². The fourth-order valence-electron chi connectivity index (χ4n) is 2.85. The number of Topliss-reactive ketones (excluding diaryl/α,β-unsaturated/α-hetero) is 1. The van der Waals surface area contributed by atoms with Crippen molar-refractivity contribution in [2.45, 2.75) is 31.9 Å². The van der Waals surface area contributed by atoms with Crippen LogP contribution in [0.5, 0.6) is 0 Å². The molecule has 0 bridgehead atoms. The number of carbonyl (C=O) groups is 2. The van der Waals surface area contributed by atoms with Gasteiger partial charge in [-0.1, -0.05) is 18.2 Å². The van der Waals surface area contributed by atoms with Crippen LogP contribution in [0.2, 0.25) is 0 Å². The van der Waals surface area contributed by atoms with Gasteiger partial charge >= 0.3 is 0 Å². The standard InChI is InChI=1S/C17H19N3O3/c1-19-10-13(18-11-19)15(21)7-6-12-4-2-3-5-14(12)20-16(22)8-9-17(20)23/h2-5,10-11,16,22H,6-9H2,1H3. The molecule has 23 heavy (non-hydrogen) atoms. The Morgan fingerprint density at radius 1 is 1.39 bits per heavy atom. The third-order valence-electron chi connectivity index (χ3n) is 4.05. The summed E-state index contributed by atoms with van der Waals surface area (Å²) >= 11 is 0. The molecule has 120 valence electrons. The van der Waals surface area contributed by atoms with Crippen LogP contribution in [0, 0.1) is 0 Å². The first-order valence-electron chi connectivity index (χ1n) is 7.65. The van der Waals surface area contributed by atoms with Crippen molar-refractivity contribution < 1.29 is 14.7 Å². The lowest BCUT2D eigenvalue weighted by molar-refractivity contribution is -0.117. The molecule has 0 saturated carbocycles. The number of aliphatic hydroxyl groups excluding tert-OH is 1. The summed E-state index contributed by atoms with van der Waals surface area (Å²) in [7, 11) is 1.82. The second-order valence-corrected chi connectivity index (χ2v) is 5.76. The quantitative estimate of drug-likeness (QED) is 0.852. The third kappa shape index (κ3) is 3.17. The Morgan fingerprint density at radius 3 is 2.83 bits per heavy atom. The SMILES string of the molecule is Cn1cnc(C(=O)CCc2ccccc2N2C(=O)CCC2O)c1. The maximum Gasteiger partial charge on any atom is 0.229 e. The van der Waals surface area contributed by atoms with E-state index in [9.17, 15) is 14.7 Å². The molecule has 3 rings (SSSR count). The van der Waals surface area contributed by atoms with Gasteiger partial charge in [0.2, 0.25) is 5.91 Å². The van der Waals surface area contributed by atoms with E-state index in [1.807, 2.05) is 31.3 Å². The van der Waals surface area contributed by atoms with Crippen LogP contribution in [0.4, 0.5) is 5.69 Å². The van der Waals surface area contributed by atoms with E-state index in [0.29, 0.717) is 37.1 Å². The number of aromatic nitrogens is 2. The predicted molar refractivity (Wildman–Crippen MR) is 85.0 cm³/mol. The van der Waals surface area contributed by atoms with E-state index >= 15 is 0 Å². The Labute approximate surface area is 134 Å². The van der Waals surface area contributed by atoms with E-state index < -0.39 is 6.23 Å². The number of aryl methyl sites for hydroxylation is 2. The number of carbonyl (C=O) groups excluding carboxylic acids is 2. The first-order valence-corrected chi connectivity index (χ1v) is 7.65. The molecule has 1 aliphatic rings. The van der Waals surface area contributed by atoms with E-state index in [0.717, 1.165) is 5.56 Å². The number of rotatable bonds is 5. The normalized spacial score (nSPS) is 17.7. The minimum atomic E-state index is -0.782. The average molecular weight is 313 g/mol. The van der Waals surface area contributed by atoms with E-state index in [1.165, 1.54) is 4.90 Å². The summed E-state index contributed by atoms with van der Waals surface area (Å²) in [5.41, 5.74) is 2.02. The molecule has 1 amide bonds. The number of aliphatic hydroxyl groups is 1. The predicted octanol–water partition coefficient (Wildman–Crippen LogP) is 1.68. The molecular weight excluding hydrogens is 294 g/mol. The van der Waals surface area contributed by atoms with E-state index in [2.05, 4.69) is 4.98 Å². The van der Waals surface area contributed by atoms with Gasteiger partial charge in [0.05, 0.1) is 6.33 Å². The fraction of sp³-hybridized carbons (Fsp3) is 0.353. The van der Waals surface area contributed by atoms with Crippen molar-refractivity contribution in [3.05, 3.63) is 48.0 Å². The number of anilines is 1. The molecule has 1 aromatic carbocycles. The average Bonchev–Trinajstić information content (AvgIpc) is 3.11. The van der Waals surface area contributed by atoms with Crippen LogP contribution < -0.4 is 4.90 Å². The van der Waals surface area contributed by atoms with E-state index in [1.54, 1.807) is 17.1 Å². The van der Waals surface area contributed by atoms with Gasteiger partial charge in [-0.2, -0.15) is 0 Å². The number of nitrogens with zero attached hydrogens (tertiary/aromatic N) is 3. The summed E-state index contributed by atoms with van der Waals surface area (Å²) in [6.45, 7) is 0. The monoisotopic (exact) mass is 313 g/mol.